The van der Waals surface area contributed by atoms with Gasteiger partial charge in [-0.2, -0.15) is 0 Å². The molecule has 9 heteroatoms. The van der Waals surface area contributed by atoms with Crippen molar-refractivity contribution in [1.82, 2.24) is 15.0 Å². The number of nitrogens with zero attached hydrogens (tertiary/aromatic N) is 3. The molecule has 1 aromatic heterocycles. The molecule has 0 bridgehead atoms. The molecule has 33 heavy (non-hydrogen) atoms. The molecular formula is C24H21ClN4O3S. The summed E-state index contributed by atoms with van der Waals surface area (Å²) in [7, 11) is -3.71. The number of aromatic nitrogens is 3. The van der Waals surface area contributed by atoms with Crippen LogP contribution in [0.3, 0.4) is 0 Å². The maximum absolute atomic E-state index is 12.4. The maximum atomic E-state index is 12.4. The van der Waals surface area contributed by atoms with E-state index in [9.17, 15) is 8.42 Å². The van der Waals surface area contributed by atoms with Gasteiger partial charge in [0.15, 0.2) is 0 Å². The van der Waals surface area contributed by atoms with Crippen molar-refractivity contribution in [3.05, 3.63) is 112 Å². The van der Waals surface area contributed by atoms with E-state index in [0.29, 0.717) is 34.3 Å². The van der Waals surface area contributed by atoms with Crippen molar-refractivity contribution >= 4 is 33.4 Å². The highest BCUT2D eigenvalue weighted by molar-refractivity contribution is 7.95. The lowest BCUT2D eigenvalue weighted by Crippen LogP contribution is -2.09. The van der Waals surface area contributed by atoms with E-state index < -0.39 is 10.0 Å². The highest BCUT2D eigenvalue weighted by Crippen LogP contribution is 2.20. The Hall–Kier alpha value is -3.62. The van der Waals surface area contributed by atoms with Crippen molar-refractivity contribution in [3.8, 4) is 5.75 Å². The average Bonchev–Trinajstić information content (AvgIpc) is 3.24. The number of anilines is 1. The van der Waals surface area contributed by atoms with Gasteiger partial charge in [-0.25, -0.2) is 13.1 Å². The van der Waals surface area contributed by atoms with Crippen LogP contribution in [0.2, 0.25) is 5.02 Å². The number of halogens is 1. The van der Waals surface area contributed by atoms with Gasteiger partial charge in [-0.05, 0) is 41.5 Å². The molecule has 7 nitrogen and oxygen atoms in total. The van der Waals surface area contributed by atoms with Crippen LogP contribution in [0.25, 0.3) is 6.08 Å². The zero-order valence-corrected chi connectivity index (χ0v) is 19.1. The molecular weight excluding hydrogens is 460 g/mol. The maximum Gasteiger partial charge on any atom is 0.255 e. The summed E-state index contributed by atoms with van der Waals surface area (Å²) < 4.78 is 34.8. The summed E-state index contributed by atoms with van der Waals surface area (Å²) in [6, 6.07) is 23.6. The highest BCUT2D eigenvalue weighted by atomic mass is 35.5. The monoisotopic (exact) mass is 480 g/mol. The highest BCUT2D eigenvalue weighted by Gasteiger charge is 2.08. The van der Waals surface area contributed by atoms with Gasteiger partial charge in [-0.15, -0.1) is 5.10 Å². The Morgan fingerprint density at radius 2 is 1.82 bits per heavy atom. The summed E-state index contributed by atoms with van der Waals surface area (Å²) >= 11 is 5.93. The first-order chi connectivity index (χ1) is 15.9. The minimum absolute atomic E-state index is 0.208. The zero-order chi connectivity index (χ0) is 23.1. The third-order valence-corrected chi connectivity index (χ3v) is 5.79. The van der Waals surface area contributed by atoms with E-state index in [1.165, 1.54) is 6.08 Å². The van der Waals surface area contributed by atoms with E-state index in [1.54, 1.807) is 53.2 Å². The Morgan fingerprint density at radius 3 is 2.64 bits per heavy atom. The van der Waals surface area contributed by atoms with Crippen LogP contribution in [0.15, 0.2) is 90.5 Å². The summed E-state index contributed by atoms with van der Waals surface area (Å²) in [4.78, 5) is 0. The van der Waals surface area contributed by atoms with E-state index in [2.05, 4.69) is 15.0 Å². The predicted molar refractivity (Wildman–Crippen MR) is 129 cm³/mol. The minimum atomic E-state index is -3.71. The minimum Gasteiger partial charge on any atom is -0.487 e. The summed E-state index contributed by atoms with van der Waals surface area (Å²) in [5, 5.41) is 9.88. The van der Waals surface area contributed by atoms with Gasteiger partial charge >= 0.3 is 0 Å². The van der Waals surface area contributed by atoms with Crippen molar-refractivity contribution in [2.45, 2.75) is 13.2 Å². The predicted octanol–water partition coefficient (Wildman–Crippen LogP) is 4.97. The molecule has 0 aliphatic carbocycles. The topological polar surface area (TPSA) is 86.1 Å². The van der Waals surface area contributed by atoms with Crippen molar-refractivity contribution in [3.63, 3.8) is 0 Å². The number of hydrogen-bond acceptors (Lipinski definition) is 5. The Morgan fingerprint density at radius 1 is 1.00 bits per heavy atom. The SMILES string of the molecule is O=S(=O)(/C=C/c1cccc(Cl)c1)Nc1cccc(OCc2cn(Cc3ccccc3)nn2)c1. The molecule has 0 atom stereocenters. The first-order valence-corrected chi connectivity index (χ1v) is 12.0. The fraction of sp³-hybridized carbons (Fsp3) is 0.0833. The quantitative estimate of drug-likeness (QED) is 0.365. The van der Waals surface area contributed by atoms with Crippen LogP contribution in [0.1, 0.15) is 16.8 Å². The van der Waals surface area contributed by atoms with Gasteiger partial charge in [0, 0.05) is 11.1 Å². The molecule has 4 rings (SSSR count). The average molecular weight is 481 g/mol. The van der Waals surface area contributed by atoms with Gasteiger partial charge in [0.1, 0.15) is 18.1 Å². The molecule has 0 aliphatic rings. The Bertz CT molecular complexity index is 1350. The molecule has 168 valence electrons. The second-order valence-electron chi connectivity index (χ2n) is 7.21. The lowest BCUT2D eigenvalue weighted by atomic mass is 10.2. The van der Waals surface area contributed by atoms with Crippen LogP contribution in [0.5, 0.6) is 5.75 Å². The van der Waals surface area contributed by atoms with Crippen LogP contribution in [-0.4, -0.2) is 23.4 Å². The second-order valence-corrected chi connectivity index (χ2v) is 9.22. The third kappa shape index (κ3) is 6.93. The van der Waals surface area contributed by atoms with Crippen molar-refractivity contribution in [2.75, 3.05) is 4.72 Å². The van der Waals surface area contributed by atoms with Gasteiger partial charge in [-0.1, -0.05) is 65.3 Å². The molecule has 0 saturated carbocycles. The van der Waals surface area contributed by atoms with Crippen LogP contribution in [-0.2, 0) is 23.2 Å². The first-order valence-electron chi connectivity index (χ1n) is 10.1. The molecule has 0 unspecified atom stereocenters. The number of sulfonamides is 1. The molecule has 0 radical (unpaired) electrons. The van der Waals surface area contributed by atoms with E-state index in [0.717, 1.165) is 11.0 Å². The fourth-order valence-electron chi connectivity index (χ4n) is 3.04. The summed E-state index contributed by atoms with van der Waals surface area (Å²) in [5.74, 6) is 0.506. The summed E-state index contributed by atoms with van der Waals surface area (Å²) in [6.45, 7) is 0.827. The lowest BCUT2D eigenvalue weighted by Gasteiger charge is -2.08. The molecule has 1 N–H and O–H groups in total. The van der Waals surface area contributed by atoms with Crippen LogP contribution >= 0.6 is 11.6 Å². The van der Waals surface area contributed by atoms with Crippen molar-refractivity contribution < 1.29 is 13.2 Å². The molecule has 3 aromatic carbocycles. The van der Waals surface area contributed by atoms with Crippen LogP contribution in [0.4, 0.5) is 5.69 Å². The second kappa shape index (κ2) is 10.3. The Kier molecular flexibility index (Phi) is 7.07. The molecule has 0 amide bonds. The normalized spacial score (nSPS) is 11.5. The third-order valence-electron chi connectivity index (χ3n) is 4.54. The van der Waals surface area contributed by atoms with Crippen LogP contribution < -0.4 is 9.46 Å². The van der Waals surface area contributed by atoms with E-state index >= 15 is 0 Å². The largest absolute Gasteiger partial charge is 0.487 e. The van der Waals surface area contributed by atoms with E-state index in [-0.39, 0.29) is 6.61 Å². The molecule has 0 spiro atoms. The van der Waals surface area contributed by atoms with Gasteiger partial charge in [0.05, 0.1) is 23.8 Å². The number of nitrogens with one attached hydrogen (secondary N) is 1. The van der Waals surface area contributed by atoms with Crippen LogP contribution in [0, 0.1) is 0 Å². The van der Waals surface area contributed by atoms with Gasteiger partial charge in [0.25, 0.3) is 10.0 Å². The van der Waals surface area contributed by atoms with Gasteiger partial charge < -0.3 is 4.74 Å². The molecule has 1 heterocycles. The number of benzene rings is 3. The molecule has 0 saturated heterocycles. The number of rotatable bonds is 9. The Balaban J connectivity index is 1.35. The lowest BCUT2D eigenvalue weighted by molar-refractivity contribution is 0.301. The first kappa shape index (κ1) is 22.6. The van der Waals surface area contributed by atoms with Crippen molar-refractivity contribution in [2.24, 2.45) is 0 Å². The zero-order valence-electron chi connectivity index (χ0n) is 17.5. The molecule has 0 aliphatic heterocycles. The number of ether oxygens (including phenoxy) is 1. The number of hydrogen-bond donors (Lipinski definition) is 1. The molecule has 4 aromatic rings. The van der Waals surface area contributed by atoms with Gasteiger partial charge in [-0.3, -0.25) is 4.72 Å². The fourth-order valence-corrected chi connectivity index (χ4v) is 4.09. The summed E-state index contributed by atoms with van der Waals surface area (Å²) in [6.07, 6.45) is 3.30. The van der Waals surface area contributed by atoms with Crippen molar-refractivity contribution in [1.29, 1.82) is 0 Å². The molecule has 0 fully saturated rings. The smallest absolute Gasteiger partial charge is 0.255 e. The Labute approximate surface area is 197 Å². The standard InChI is InChI=1S/C24H21ClN4O3S/c25-21-9-4-8-19(14-21)12-13-33(30,31)27-22-10-5-11-24(15-22)32-18-23-17-29(28-26-23)16-20-6-2-1-3-7-20/h1-15,17,27H,16,18H2/b13-12+. The summed E-state index contributed by atoms with van der Waals surface area (Å²) in [5.41, 5.74) is 2.86. The van der Waals surface area contributed by atoms with E-state index in [1.807, 2.05) is 36.5 Å². The van der Waals surface area contributed by atoms with E-state index in [4.69, 9.17) is 16.3 Å². The van der Waals surface area contributed by atoms with Gasteiger partial charge in [0.2, 0.25) is 0 Å².